The van der Waals surface area contributed by atoms with E-state index in [1.54, 1.807) is 38.1 Å². The molecule has 226 valence electrons. The molecule has 4 nitrogen and oxygen atoms in total. The number of rotatable bonds is 11. The lowest BCUT2D eigenvalue weighted by atomic mass is 9.89. The van der Waals surface area contributed by atoms with E-state index in [0.717, 1.165) is 40.8 Å². The Labute approximate surface area is 260 Å². The third-order valence-electron chi connectivity index (χ3n) is 7.15. The Hall–Kier alpha value is -3.28. The first kappa shape index (κ1) is 34.9. The van der Waals surface area contributed by atoms with E-state index in [1.165, 1.54) is 17.7 Å². The quantitative estimate of drug-likeness (QED) is 0.128. The number of nitrogens with one attached hydrogen (secondary N) is 1. The molecule has 3 aromatic carbocycles. The molecule has 3 aromatic rings. The maximum absolute atomic E-state index is 13.4. The summed E-state index contributed by atoms with van der Waals surface area (Å²) in [6.07, 6.45) is 4.83. The van der Waals surface area contributed by atoms with Gasteiger partial charge in [-0.3, -0.25) is 4.79 Å². The Morgan fingerprint density at radius 2 is 1.69 bits per heavy atom. The molecule has 0 aliphatic heterocycles. The van der Waals surface area contributed by atoms with Gasteiger partial charge in [0.05, 0.1) is 0 Å². The Morgan fingerprint density at radius 3 is 2.31 bits per heavy atom. The zero-order valence-corrected chi connectivity index (χ0v) is 27.0. The van der Waals surface area contributed by atoms with Crippen LogP contribution in [0.4, 0.5) is 10.1 Å². The number of aliphatic hydroxyl groups excluding tert-OH is 1. The number of halogens is 3. The van der Waals surface area contributed by atoms with E-state index in [9.17, 15) is 14.3 Å². The maximum atomic E-state index is 13.4. The largest absolute Gasteiger partial charge is 0.509 e. The zero-order valence-electron chi connectivity index (χ0n) is 25.5. The van der Waals surface area contributed by atoms with Gasteiger partial charge in [0.1, 0.15) is 17.3 Å². The molecule has 2 unspecified atom stereocenters. The number of ether oxygens (including phenoxy) is 1. The minimum atomic E-state index is -0.837. The molecule has 2 atom stereocenters. The Kier molecular flexibility index (Phi) is 13.1. The highest BCUT2D eigenvalue weighted by Gasteiger charge is 2.26. The van der Waals surface area contributed by atoms with Crippen LogP contribution in [0.1, 0.15) is 88.5 Å². The maximum Gasteiger partial charge on any atom is 0.211 e. The summed E-state index contributed by atoms with van der Waals surface area (Å²) in [6.45, 7) is 17.5. The van der Waals surface area contributed by atoms with Crippen LogP contribution in [0.3, 0.4) is 0 Å². The molecule has 0 heterocycles. The topological polar surface area (TPSA) is 58.6 Å². The van der Waals surface area contributed by atoms with Crippen molar-refractivity contribution >= 4 is 35.3 Å². The molecule has 0 spiro atoms. The van der Waals surface area contributed by atoms with Crippen LogP contribution in [0.15, 0.2) is 78.6 Å². The van der Waals surface area contributed by atoms with Crippen molar-refractivity contribution in [2.24, 2.45) is 0 Å². The van der Waals surface area contributed by atoms with E-state index >= 15 is 0 Å². The van der Waals surface area contributed by atoms with Gasteiger partial charge in [-0.05, 0) is 111 Å². The second-order valence-electron chi connectivity index (χ2n) is 11.0. The molecule has 7 heteroatoms. The van der Waals surface area contributed by atoms with Crippen LogP contribution in [-0.4, -0.2) is 17.1 Å². The predicted molar refractivity (Wildman–Crippen MR) is 175 cm³/mol. The Balaban J connectivity index is 0.000000294. The van der Waals surface area contributed by atoms with Crippen LogP contribution >= 0.6 is 23.2 Å². The van der Waals surface area contributed by atoms with Crippen LogP contribution in [0.25, 0.3) is 0 Å². The van der Waals surface area contributed by atoms with E-state index in [4.69, 9.17) is 27.9 Å². The molecule has 2 N–H and O–H groups in total. The highest BCUT2D eigenvalue weighted by Crippen LogP contribution is 2.36. The van der Waals surface area contributed by atoms with Crippen molar-refractivity contribution in [1.29, 1.82) is 0 Å². The first-order valence-electron chi connectivity index (χ1n) is 14.0. The molecule has 0 bridgehead atoms. The molecule has 0 aromatic heterocycles. The third-order valence-corrected chi connectivity index (χ3v) is 7.62. The fourth-order valence-corrected chi connectivity index (χ4v) is 5.05. The summed E-state index contributed by atoms with van der Waals surface area (Å²) in [6, 6.07) is 15.6. The van der Waals surface area contributed by atoms with Crippen molar-refractivity contribution in [3.63, 3.8) is 0 Å². The van der Waals surface area contributed by atoms with Gasteiger partial charge in [0.15, 0.2) is 5.60 Å². The molecule has 0 fully saturated rings. The van der Waals surface area contributed by atoms with Gasteiger partial charge in [-0.1, -0.05) is 74.3 Å². The summed E-state index contributed by atoms with van der Waals surface area (Å²) >= 11 is 12.1. The molecule has 42 heavy (non-hydrogen) atoms. The van der Waals surface area contributed by atoms with E-state index in [2.05, 4.69) is 38.7 Å². The molecule has 0 saturated heterocycles. The molecule has 3 rings (SSSR count). The highest BCUT2D eigenvalue weighted by molar-refractivity contribution is 6.31. The standard InChI is InChI=1S/C19H27ClO2.C16H15ClFNO/c1-7-8-13(2)11-14(3)17-12-16(20)9-10-18(17)22-19(5,6)15(4)21;1-10-3-5-13(18)8-15(10)11(2)14-6-4-12(17)7-16(14)19-9-20/h8-10,12,14,21H,4,7,11H2,1-3,5-6H3;3-9,11H,1-2H3,(H,19,20)/b13-8-;. The van der Waals surface area contributed by atoms with Gasteiger partial charge in [0.25, 0.3) is 0 Å². The van der Waals surface area contributed by atoms with Crippen molar-refractivity contribution in [3.05, 3.63) is 117 Å². The lowest BCUT2D eigenvalue weighted by Crippen LogP contribution is -2.30. The van der Waals surface area contributed by atoms with Crippen LogP contribution in [-0.2, 0) is 4.79 Å². The van der Waals surface area contributed by atoms with E-state index in [-0.39, 0.29) is 23.4 Å². The van der Waals surface area contributed by atoms with Crippen molar-refractivity contribution < 1.29 is 19.0 Å². The summed E-state index contributed by atoms with van der Waals surface area (Å²) in [7, 11) is 0. The summed E-state index contributed by atoms with van der Waals surface area (Å²) in [5.41, 5.74) is 5.00. The average molecular weight is 615 g/mol. The number of carbonyl (C=O) groups excluding carboxylic acids is 1. The van der Waals surface area contributed by atoms with Crippen molar-refractivity contribution in [2.45, 2.75) is 78.7 Å². The second-order valence-corrected chi connectivity index (χ2v) is 11.9. The van der Waals surface area contributed by atoms with Gasteiger partial charge in [-0.15, -0.1) is 0 Å². The lowest BCUT2D eigenvalue weighted by Gasteiger charge is -2.28. The summed E-state index contributed by atoms with van der Waals surface area (Å²) in [4.78, 5) is 10.7. The number of hydrogen-bond acceptors (Lipinski definition) is 3. The number of carbonyl (C=O) groups is 1. The van der Waals surface area contributed by atoms with Crippen molar-refractivity contribution in [3.8, 4) is 5.75 Å². The summed E-state index contributed by atoms with van der Waals surface area (Å²) in [5, 5.41) is 13.6. The number of aryl methyl sites for hydroxylation is 1. The van der Waals surface area contributed by atoms with Crippen molar-refractivity contribution in [1.82, 2.24) is 0 Å². The van der Waals surface area contributed by atoms with Crippen LogP contribution in [0.5, 0.6) is 5.75 Å². The number of benzene rings is 3. The van der Waals surface area contributed by atoms with E-state index < -0.39 is 5.60 Å². The number of allylic oxidation sites excluding steroid dienone is 2. The number of aliphatic hydroxyl groups is 1. The molecule has 0 aliphatic rings. The predicted octanol–water partition coefficient (Wildman–Crippen LogP) is 10.9. The van der Waals surface area contributed by atoms with Gasteiger partial charge < -0.3 is 15.2 Å². The van der Waals surface area contributed by atoms with Crippen LogP contribution < -0.4 is 10.1 Å². The Bertz CT molecular complexity index is 1420. The zero-order chi connectivity index (χ0) is 31.6. The van der Waals surface area contributed by atoms with E-state index in [0.29, 0.717) is 22.1 Å². The lowest BCUT2D eigenvalue weighted by molar-refractivity contribution is -0.105. The average Bonchev–Trinajstić information content (AvgIpc) is 2.91. The van der Waals surface area contributed by atoms with Crippen molar-refractivity contribution in [2.75, 3.05) is 5.32 Å². The van der Waals surface area contributed by atoms with Crippen LogP contribution in [0, 0.1) is 12.7 Å². The molecule has 0 radical (unpaired) electrons. The highest BCUT2D eigenvalue weighted by atomic mass is 35.5. The number of amides is 1. The SMILES string of the molecule is C=C(O)C(C)(C)Oc1ccc(Cl)cc1C(C)C/C(C)=C\CC.Cc1ccc(F)cc1C(C)c1ccc(Cl)cc1NC=O. The summed E-state index contributed by atoms with van der Waals surface area (Å²) < 4.78 is 19.4. The number of hydrogen-bond donors (Lipinski definition) is 2. The normalized spacial score (nSPS) is 13.0. The van der Waals surface area contributed by atoms with Gasteiger partial charge in [-0.25, -0.2) is 4.39 Å². The third kappa shape index (κ3) is 9.92. The molecule has 1 amide bonds. The monoisotopic (exact) mass is 613 g/mol. The fraction of sp³-hybridized carbons (Fsp3) is 0.343. The van der Waals surface area contributed by atoms with Gasteiger partial charge in [0, 0.05) is 21.7 Å². The first-order valence-corrected chi connectivity index (χ1v) is 14.7. The van der Waals surface area contributed by atoms with Gasteiger partial charge >= 0.3 is 0 Å². The molecule has 0 saturated carbocycles. The smallest absolute Gasteiger partial charge is 0.211 e. The Morgan fingerprint density at radius 1 is 1.05 bits per heavy atom. The second kappa shape index (κ2) is 15.8. The van der Waals surface area contributed by atoms with Crippen LogP contribution in [0.2, 0.25) is 10.0 Å². The molecular weight excluding hydrogens is 572 g/mol. The molecular formula is C35H42Cl2FNO3. The van der Waals surface area contributed by atoms with Gasteiger partial charge in [-0.2, -0.15) is 0 Å². The first-order chi connectivity index (χ1) is 19.7. The minimum Gasteiger partial charge on any atom is -0.509 e. The van der Waals surface area contributed by atoms with E-state index in [1.807, 2.05) is 32.0 Å². The number of anilines is 1. The molecule has 0 aliphatic carbocycles. The summed E-state index contributed by atoms with van der Waals surface area (Å²) in [5.74, 6) is 0.700. The van der Waals surface area contributed by atoms with Gasteiger partial charge in [0.2, 0.25) is 6.41 Å². The fourth-order valence-electron chi connectivity index (χ4n) is 4.70. The minimum absolute atomic E-state index is 0.00288.